The molecule has 1 aliphatic heterocycles. The first-order chi connectivity index (χ1) is 15.5. The van der Waals surface area contributed by atoms with Crippen molar-refractivity contribution in [3.05, 3.63) is 93.2 Å². The molecule has 0 aliphatic carbocycles. The fourth-order valence-electron chi connectivity index (χ4n) is 3.94. The van der Waals surface area contributed by atoms with Crippen molar-refractivity contribution in [2.24, 2.45) is 0 Å². The van der Waals surface area contributed by atoms with Crippen LogP contribution in [-0.4, -0.2) is 28.3 Å². The molecule has 1 amide bonds. The summed E-state index contributed by atoms with van der Waals surface area (Å²) in [6.45, 7) is 4.82. The van der Waals surface area contributed by atoms with Gasteiger partial charge in [-0.15, -0.1) is 11.3 Å². The highest BCUT2D eigenvalue weighted by Crippen LogP contribution is 2.41. The molecule has 32 heavy (non-hydrogen) atoms. The number of ketones is 1. The monoisotopic (exact) mass is 447 g/mol. The Morgan fingerprint density at radius 3 is 2.62 bits per heavy atom. The van der Waals surface area contributed by atoms with E-state index in [9.17, 15) is 14.7 Å². The number of rotatable bonds is 7. The first kappa shape index (κ1) is 21.8. The summed E-state index contributed by atoms with van der Waals surface area (Å²) in [5, 5.41) is 13.2. The van der Waals surface area contributed by atoms with Crippen molar-refractivity contribution in [2.45, 2.75) is 32.9 Å². The molecule has 1 fully saturated rings. The first-order valence-electron chi connectivity index (χ1n) is 10.6. The number of carbonyl (C=O) groups is 2. The summed E-state index contributed by atoms with van der Waals surface area (Å²) in [5.41, 5.74) is 2.32. The second-order valence-electron chi connectivity index (χ2n) is 7.74. The lowest BCUT2D eigenvalue weighted by Gasteiger charge is -2.26. The molecule has 0 bridgehead atoms. The standard InChI is InChI=1S/C26H25NO4S/c1-3-13-31-19-10-6-9-18(15-19)24(28)22-23(21-12-5-4-8-17(21)2)27(26(30)25(22)29)16-20-11-7-14-32-20/h4-12,14-15,23,28H,3,13,16H2,1-2H3/b24-22+. The number of likely N-dealkylation sites (tertiary alicyclic amines) is 1. The highest BCUT2D eigenvalue weighted by Gasteiger charge is 2.46. The van der Waals surface area contributed by atoms with Gasteiger partial charge >= 0.3 is 0 Å². The highest BCUT2D eigenvalue weighted by molar-refractivity contribution is 7.09. The van der Waals surface area contributed by atoms with Gasteiger partial charge < -0.3 is 14.7 Å². The van der Waals surface area contributed by atoms with Gasteiger partial charge in [-0.25, -0.2) is 0 Å². The number of carbonyl (C=O) groups excluding carboxylic acids is 2. The quantitative estimate of drug-likeness (QED) is 0.296. The van der Waals surface area contributed by atoms with Gasteiger partial charge in [0.1, 0.15) is 11.5 Å². The number of Topliss-reactive ketones (excluding diaryl/α,β-unsaturated/α-hetero) is 1. The summed E-state index contributed by atoms with van der Waals surface area (Å²) in [7, 11) is 0. The van der Waals surface area contributed by atoms with Crippen LogP contribution >= 0.6 is 11.3 Å². The zero-order valence-corrected chi connectivity index (χ0v) is 18.9. The normalized spacial score (nSPS) is 17.7. The molecular formula is C26H25NO4S. The summed E-state index contributed by atoms with van der Waals surface area (Å²) in [5.74, 6) is -0.859. The molecule has 164 valence electrons. The highest BCUT2D eigenvalue weighted by atomic mass is 32.1. The van der Waals surface area contributed by atoms with Crippen molar-refractivity contribution in [2.75, 3.05) is 6.61 Å². The maximum absolute atomic E-state index is 13.2. The average Bonchev–Trinajstić information content (AvgIpc) is 3.40. The molecule has 6 heteroatoms. The number of aryl methyl sites for hydroxylation is 1. The molecule has 1 saturated heterocycles. The van der Waals surface area contributed by atoms with Crippen molar-refractivity contribution in [3.63, 3.8) is 0 Å². The van der Waals surface area contributed by atoms with E-state index in [0.29, 0.717) is 24.5 Å². The molecule has 0 radical (unpaired) electrons. The minimum atomic E-state index is -0.674. The van der Waals surface area contributed by atoms with Crippen molar-refractivity contribution >= 4 is 28.8 Å². The largest absolute Gasteiger partial charge is 0.507 e. The van der Waals surface area contributed by atoms with Crippen LogP contribution in [0.25, 0.3) is 5.76 Å². The number of thiophene rings is 1. The molecule has 4 rings (SSSR count). The summed E-state index contributed by atoms with van der Waals surface area (Å²) in [4.78, 5) is 28.8. The molecule has 0 spiro atoms. The molecule has 1 atom stereocenters. The molecule has 2 aromatic carbocycles. The van der Waals surface area contributed by atoms with E-state index in [4.69, 9.17) is 4.74 Å². The van der Waals surface area contributed by atoms with Crippen LogP contribution < -0.4 is 4.74 Å². The molecule has 1 N–H and O–H groups in total. The second-order valence-corrected chi connectivity index (χ2v) is 8.77. The van der Waals surface area contributed by atoms with Crippen LogP contribution in [0.3, 0.4) is 0 Å². The second kappa shape index (κ2) is 9.40. The Morgan fingerprint density at radius 1 is 1.09 bits per heavy atom. The van der Waals surface area contributed by atoms with E-state index in [1.165, 1.54) is 11.3 Å². The summed E-state index contributed by atoms with van der Waals surface area (Å²) in [6.07, 6.45) is 0.858. The number of hydrogen-bond acceptors (Lipinski definition) is 5. The molecule has 1 aliphatic rings. The SMILES string of the molecule is CCCOc1cccc(/C(O)=C2\C(=O)C(=O)N(Cc3cccs3)C2c2ccccc2C)c1. The average molecular weight is 448 g/mol. The Balaban J connectivity index is 1.84. The van der Waals surface area contributed by atoms with E-state index in [-0.39, 0.29) is 11.3 Å². The molecule has 1 aromatic heterocycles. The Kier molecular flexibility index (Phi) is 6.42. The van der Waals surface area contributed by atoms with E-state index < -0.39 is 17.7 Å². The Hall–Kier alpha value is -3.38. The number of aliphatic hydroxyl groups is 1. The predicted octanol–water partition coefficient (Wildman–Crippen LogP) is 5.47. The smallest absolute Gasteiger partial charge is 0.295 e. The number of nitrogens with zero attached hydrogens (tertiary/aromatic N) is 1. The van der Waals surface area contributed by atoms with Crippen LogP contribution in [0.5, 0.6) is 5.75 Å². The fraction of sp³-hybridized carbons (Fsp3) is 0.231. The molecule has 2 heterocycles. The van der Waals surface area contributed by atoms with Gasteiger partial charge in [-0.1, -0.05) is 49.4 Å². The third-order valence-corrected chi connectivity index (χ3v) is 6.37. The number of amides is 1. The van der Waals surface area contributed by atoms with E-state index in [0.717, 1.165) is 22.4 Å². The summed E-state index contributed by atoms with van der Waals surface area (Å²) in [6, 6.07) is 17.8. The van der Waals surface area contributed by atoms with Crippen molar-refractivity contribution < 1.29 is 19.4 Å². The van der Waals surface area contributed by atoms with Crippen LogP contribution in [-0.2, 0) is 16.1 Å². The van der Waals surface area contributed by atoms with E-state index in [1.54, 1.807) is 29.2 Å². The van der Waals surface area contributed by atoms with Crippen LogP contribution in [0.15, 0.2) is 71.6 Å². The van der Waals surface area contributed by atoms with Crippen LogP contribution in [0, 0.1) is 6.92 Å². The Bertz CT molecular complexity index is 1170. The molecule has 0 saturated carbocycles. The molecule has 3 aromatic rings. The van der Waals surface area contributed by atoms with Crippen LogP contribution in [0.1, 0.15) is 41.0 Å². The van der Waals surface area contributed by atoms with Gasteiger partial charge in [0.15, 0.2) is 0 Å². The minimum absolute atomic E-state index is 0.105. The molecular weight excluding hydrogens is 422 g/mol. The minimum Gasteiger partial charge on any atom is -0.507 e. The van der Waals surface area contributed by atoms with Gasteiger partial charge in [0.05, 0.1) is 24.8 Å². The van der Waals surface area contributed by atoms with Crippen LogP contribution in [0.4, 0.5) is 0 Å². The number of ether oxygens (including phenoxy) is 1. The van der Waals surface area contributed by atoms with Gasteiger partial charge in [-0.3, -0.25) is 9.59 Å². The van der Waals surface area contributed by atoms with Crippen molar-refractivity contribution in [1.82, 2.24) is 4.90 Å². The zero-order chi connectivity index (χ0) is 22.7. The van der Waals surface area contributed by atoms with E-state index >= 15 is 0 Å². The third kappa shape index (κ3) is 4.18. The van der Waals surface area contributed by atoms with Gasteiger partial charge in [0.25, 0.3) is 11.7 Å². The lowest BCUT2D eigenvalue weighted by molar-refractivity contribution is -0.140. The number of aliphatic hydroxyl groups excluding tert-OH is 1. The Labute approximate surface area is 191 Å². The Morgan fingerprint density at radius 2 is 1.91 bits per heavy atom. The summed E-state index contributed by atoms with van der Waals surface area (Å²) >= 11 is 1.53. The van der Waals surface area contributed by atoms with E-state index in [1.807, 2.05) is 55.6 Å². The maximum atomic E-state index is 13.2. The molecule has 1 unspecified atom stereocenters. The maximum Gasteiger partial charge on any atom is 0.295 e. The topological polar surface area (TPSA) is 66.8 Å². The van der Waals surface area contributed by atoms with Crippen molar-refractivity contribution in [1.29, 1.82) is 0 Å². The van der Waals surface area contributed by atoms with Gasteiger partial charge in [-0.05, 0) is 48.1 Å². The lowest BCUT2D eigenvalue weighted by atomic mass is 9.92. The van der Waals surface area contributed by atoms with Crippen molar-refractivity contribution in [3.8, 4) is 5.75 Å². The summed E-state index contributed by atoms with van der Waals surface area (Å²) < 4.78 is 5.68. The van der Waals surface area contributed by atoms with Gasteiger partial charge in [-0.2, -0.15) is 0 Å². The number of hydrogen-bond donors (Lipinski definition) is 1. The zero-order valence-electron chi connectivity index (χ0n) is 18.1. The predicted molar refractivity (Wildman–Crippen MR) is 126 cm³/mol. The van der Waals surface area contributed by atoms with Crippen LogP contribution in [0.2, 0.25) is 0 Å². The number of benzene rings is 2. The lowest BCUT2D eigenvalue weighted by Crippen LogP contribution is -2.29. The first-order valence-corrected chi connectivity index (χ1v) is 11.5. The molecule has 5 nitrogen and oxygen atoms in total. The van der Waals surface area contributed by atoms with E-state index in [2.05, 4.69) is 0 Å². The van der Waals surface area contributed by atoms with Gasteiger partial charge in [0.2, 0.25) is 0 Å². The third-order valence-electron chi connectivity index (χ3n) is 5.51. The van der Waals surface area contributed by atoms with Gasteiger partial charge in [0, 0.05) is 10.4 Å². The fourth-order valence-corrected chi connectivity index (χ4v) is 4.64.